The summed E-state index contributed by atoms with van der Waals surface area (Å²) in [4.78, 5) is 0. The van der Waals surface area contributed by atoms with Crippen molar-refractivity contribution in [2.24, 2.45) is 5.92 Å². The van der Waals surface area contributed by atoms with Crippen LogP contribution in [0.3, 0.4) is 0 Å². The fourth-order valence-corrected chi connectivity index (χ4v) is 2.47. The summed E-state index contributed by atoms with van der Waals surface area (Å²) in [5, 5.41) is 0. The van der Waals surface area contributed by atoms with Crippen molar-refractivity contribution in [2.75, 3.05) is 27.2 Å². The number of nitrogens with zero attached hydrogens (tertiary/aromatic N) is 1. The van der Waals surface area contributed by atoms with E-state index in [0.717, 1.165) is 5.92 Å². The molecule has 1 nitrogen and oxygen atoms in total. The minimum atomic E-state index is 0. The van der Waals surface area contributed by atoms with Crippen molar-refractivity contribution in [1.29, 1.82) is 0 Å². The maximum Gasteiger partial charge on any atom is 0.0785 e. The Morgan fingerprint density at radius 1 is 1.06 bits per heavy atom. The summed E-state index contributed by atoms with van der Waals surface area (Å²) in [5.74, 6) is 0.915. The summed E-state index contributed by atoms with van der Waals surface area (Å²) in [6, 6.07) is 10.9. The molecule has 1 aromatic carbocycles. The summed E-state index contributed by atoms with van der Waals surface area (Å²) >= 11 is 0. The number of hydrogen-bond acceptors (Lipinski definition) is 0. The second-order valence-corrected chi connectivity index (χ2v) is 5.52. The summed E-state index contributed by atoms with van der Waals surface area (Å²) in [6.45, 7) is 2.69. The minimum absolute atomic E-state index is 0. The van der Waals surface area contributed by atoms with E-state index in [1.165, 1.54) is 42.4 Å². The third-order valence-electron chi connectivity index (χ3n) is 3.65. The first-order valence-corrected chi connectivity index (χ1v) is 6.02. The fraction of sp³-hybridized carbons (Fsp3) is 0.571. The molecular formula is C14H22IN. The average molecular weight is 331 g/mol. The highest BCUT2D eigenvalue weighted by atomic mass is 127. The Balaban J connectivity index is 0.00000128. The number of piperidine rings is 1. The molecule has 1 aliphatic heterocycles. The van der Waals surface area contributed by atoms with Crippen LogP contribution in [0.1, 0.15) is 18.4 Å². The van der Waals surface area contributed by atoms with Crippen molar-refractivity contribution in [3.8, 4) is 0 Å². The Hall–Kier alpha value is -0.0900. The normalized spacial score (nSPS) is 20.1. The van der Waals surface area contributed by atoms with Crippen molar-refractivity contribution >= 4 is 0 Å². The Kier molecular flexibility index (Phi) is 5.25. The highest BCUT2D eigenvalue weighted by Crippen LogP contribution is 2.23. The summed E-state index contributed by atoms with van der Waals surface area (Å²) in [7, 11) is 4.69. The van der Waals surface area contributed by atoms with Crippen molar-refractivity contribution in [3.63, 3.8) is 0 Å². The standard InChI is InChI=1S/C14H22N.HI/c1-15(2)10-8-14(9-11-15)12-13-6-4-3-5-7-13;/h3-7,14H,8-12H2,1-2H3;1H/q+1;/p-1. The zero-order valence-electron chi connectivity index (χ0n) is 10.3. The molecule has 0 unspecified atom stereocenters. The molecule has 2 heteroatoms. The molecule has 0 spiro atoms. The monoisotopic (exact) mass is 331 g/mol. The lowest BCUT2D eigenvalue weighted by atomic mass is 9.89. The lowest BCUT2D eigenvalue weighted by Crippen LogP contribution is -3.00. The largest absolute Gasteiger partial charge is 1.00 e. The lowest BCUT2D eigenvalue weighted by Gasteiger charge is -2.37. The van der Waals surface area contributed by atoms with Gasteiger partial charge < -0.3 is 28.5 Å². The second kappa shape index (κ2) is 6.01. The predicted octanol–water partition coefficient (Wildman–Crippen LogP) is -0.280. The van der Waals surface area contributed by atoms with Crippen LogP contribution in [0.2, 0.25) is 0 Å². The molecule has 0 aliphatic carbocycles. The van der Waals surface area contributed by atoms with Crippen LogP contribution in [0.25, 0.3) is 0 Å². The zero-order valence-corrected chi connectivity index (χ0v) is 12.5. The molecule has 1 saturated heterocycles. The molecular weight excluding hydrogens is 309 g/mol. The van der Waals surface area contributed by atoms with E-state index in [4.69, 9.17) is 0 Å². The van der Waals surface area contributed by atoms with Gasteiger partial charge in [-0.15, -0.1) is 0 Å². The van der Waals surface area contributed by atoms with Crippen molar-refractivity contribution in [2.45, 2.75) is 19.3 Å². The van der Waals surface area contributed by atoms with Crippen molar-refractivity contribution < 1.29 is 28.5 Å². The molecule has 16 heavy (non-hydrogen) atoms. The van der Waals surface area contributed by atoms with E-state index in [-0.39, 0.29) is 24.0 Å². The van der Waals surface area contributed by atoms with Gasteiger partial charge in [-0.1, -0.05) is 30.3 Å². The van der Waals surface area contributed by atoms with Crippen LogP contribution in [0.4, 0.5) is 0 Å². The fourth-order valence-electron chi connectivity index (χ4n) is 2.47. The van der Waals surface area contributed by atoms with E-state index in [9.17, 15) is 0 Å². The predicted molar refractivity (Wildman–Crippen MR) is 64.7 cm³/mol. The molecule has 0 amide bonds. The van der Waals surface area contributed by atoms with Gasteiger partial charge in [0.15, 0.2) is 0 Å². The highest BCUT2D eigenvalue weighted by Gasteiger charge is 2.25. The quantitative estimate of drug-likeness (QED) is 0.517. The van der Waals surface area contributed by atoms with E-state index < -0.39 is 0 Å². The molecule has 0 aromatic heterocycles. The molecule has 0 bridgehead atoms. The van der Waals surface area contributed by atoms with Gasteiger partial charge in [0.25, 0.3) is 0 Å². The van der Waals surface area contributed by atoms with Gasteiger partial charge in [0.2, 0.25) is 0 Å². The molecule has 1 fully saturated rings. The highest BCUT2D eigenvalue weighted by molar-refractivity contribution is 5.15. The second-order valence-electron chi connectivity index (χ2n) is 5.52. The number of halogens is 1. The smallest absolute Gasteiger partial charge is 0.0785 e. The van der Waals surface area contributed by atoms with Gasteiger partial charge in [0, 0.05) is 0 Å². The van der Waals surface area contributed by atoms with Gasteiger partial charge in [-0.05, 0) is 30.7 Å². The third-order valence-corrected chi connectivity index (χ3v) is 3.65. The SMILES string of the molecule is C[N+]1(C)CCC(Cc2ccccc2)CC1.[I-]. The molecule has 0 N–H and O–H groups in total. The number of rotatable bonds is 2. The van der Waals surface area contributed by atoms with E-state index >= 15 is 0 Å². The third kappa shape index (κ3) is 4.06. The lowest BCUT2D eigenvalue weighted by molar-refractivity contribution is -0.896. The molecule has 0 radical (unpaired) electrons. The summed E-state index contributed by atoms with van der Waals surface area (Å²) < 4.78 is 1.21. The van der Waals surface area contributed by atoms with Gasteiger partial charge in [0.05, 0.1) is 27.2 Å². The zero-order chi connectivity index (χ0) is 10.7. The summed E-state index contributed by atoms with van der Waals surface area (Å²) in [5.41, 5.74) is 1.51. The first kappa shape index (κ1) is 14.0. The first-order chi connectivity index (χ1) is 7.16. The van der Waals surface area contributed by atoms with Crippen LogP contribution >= 0.6 is 0 Å². The van der Waals surface area contributed by atoms with Gasteiger partial charge >= 0.3 is 0 Å². The van der Waals surface area contributed by atoms with Crippen LogP contribution < -0.4 is 24.0 Å². The molecule has 90 valence electrons. The molecule has 2 rings (SSSR count). The number of hydrogen-bond donors (Lipinski definition) is 0. The van der Waals surface area contributed by atoms with Gasteiger partial charge in [-0.25, -0.2) is 0 Å². The number of likely N-dealkylation sites (tertiary alicyclic amines) is 1. The van der Waals surface area contributed by atoms with Crippen LogP contribution in [0.15, 0.2) is 30.3 Å². The Morgan fingerprint density at radius 2 is 1.62 bits per heavy atom. The van der Waals surface area contributed by atoms with Crippen molar-refractivity contribution in [3.05, 3.63) is 35.9 Å². The van der Waals surface area contributed by atoms with E-state index in [1.807, 2.05) is 0 Å². The first-order valence-electron chi connectivity index (χ1n) is 6.02. The minimum Gasteiger partial charge on any atom is -1.00 e. The van der Waals surface area contributed by atoms with Gasteiger partial charge in [-0.2, -0.15) is 0 Å². The molecule has 0 atom stereocenters. The average Bonchev–Trinajstić information content (AvgIpc) is 2.23. The molecule has 1 aromatic rings. The number of benzene rings is 1. The van der Waals surface area contributed by atoms with E-state index in [2.05, 4.69) is 44.4 Å². The topological polar surface area (TPSA) is 0 Å². The van der Waals surface area contributed by atoms with Crippen LogP contribution in [0, 0.1) is 5.92 Å². The molecule has 1 heterocycles. The van der Waals surface area contributed by atoms with Crippen molar-refractivity contribution in [1.82, 2.24) is 0 Å². The van der Waals surface area contributed by atoms with Crippen LogP contribution in [0.5, 0.6) is 0 Å². The van der Waals surface area contributed by atoms with E-state index in [0.29, 0.717) is 0 Å². The maximum absolute atomic E-state index is 2.35. The maximum atomic E-state index is 2.35. The van der Waals surface area contributed by atoms with Gasteiger partial charge in [0.1, 0.15) is 0 Å². The Labute approximate surface area is 116 Å². The van der Waals surface area contributed by atoms with Crippen LogP contribution in [-0.4, -0.2) is 31.7 Å². The van der Waals surface area contributed by atoms with Crippen LogP contribution in [-0.2, 0) is 6.42 Å². The Bertz CT molecular complexity index is 298. The number of quaternary nitrogens is 1. The van der Waals surface area contributed by atoms with Gasteiger partial charge in [-0.3, -0.25) is 0 Å². The summed E-state index contributed by atoms with van der Waals surface area (Å²) in [6.07, 6.45) is 4.06. The molecule has 1 aliphatic rings. The van der Waals surface area contributed by atoms with E-state index in [1.54, 1.807) is 0 Å². The Morgan fingerprint density at radius 3 is 2.19 bits per heavy atom. The molecule has 0 saturated carbocycles.